The van der Waals surface area contributed by atoms with E-state index in [4.69, 9.17) is 4.74 Å². The average molecular weight is 393 g/mol. The van der Waals surface area contributed by atoms with E-state index in [9.17, 15) is 9.59 Å². The van der Waals surface area contributed by atoms with Crippen molar-refractivity contribution in [2.75, 3.05) is 17.7 Å². The normalized spacial score (nSPS) is 10.5. The zero-order valence-corrected chi connectivity index (χ0v) is 17.0. The maximum Gasteiger partial charge on any atom is 0.278 e. The van der Waals surface area contributed by atoms with E-state index < -0.39 is 5.91 Å². The molecule has 1 aromatic heterocycles. The van der Waals surface area contributed by atoms with E-state index in [1.807, 2.05) is 32.0 Å². The number of ether oxygens (including phenoxy) is 1. The summed E-state index contributed by atoms with van der Waals surface area (Å²) in [5.41, 5.74) is 4.67. The third kappa shape index (κ3) is 4.43. The first-order chi connectivity index (χ1) is 13.8. The minimum absolute atomic E-state index is 0.224. The molecular formula is C21H23N5O3. The van der Waals surface area contributed by atoms with Gasteiger partial charge in [0, 0.05) is 12.6 Å². The van der Waals surface area contributed by atoms with E-state index in [0.29, 0.717) is 22.8 Å². The zero-order chi connectivity index (χ0) is 21.1. The van der Waals surface area contributed by atoms with E-state index >= 15 is 0 Å². The molecule has 29 heavy (non-hydrogen) atoms. The number of amides is 2. The maximum atomic E-state index is 12.8. The molecule has 0 aliphatic carbocycles. The second-order valence-electron chi connectivity index (χ2n) is 6.76. The second-order valence-corrected chi connectivity index (χ2v) is 6.76. The zero-order valence-electron chi connectivity index (χ0n) is 17.0. The first-order valence-electron chi connectivity index (χ1n) is 9.07. The van der Waals surface area contributed by atoms with Crippen molar-refractivity contribution >= 4 is 23.2 Å². The molecule has 0 saturated heterocycles. The smallest absolute Gasteiger partial charge is 0.278 e. The third-order valence-corrected chi connectivity index (χ3v) is 4.33. The van der Waals surface area contributed by atoms with Crippen LogP contribution in [0.4, 0.5) is 11.4 Å². The highest BCUT2D eigenvalue weighted by Crippen LogP contribution is 2.28. The summed E-state index contributed by atoms with van der Waals surface area (Å²) in [6.45, 7) is 7.13. The standard InChI is InChI=1S/C21H23N5O3/c1-12-6-8-18(13(2)10-12)26-24-14(3)20(25-26)21(28)23-16-7-9-19(29-5)17(11-16)22-15(4)27/h6-11H,1-5H3,(H,22,27)(H,23,28). The summed E-state index contributed by atoms with van der Waals surface area (Å²) < 4.78 is 5.23. The number of carbonyl (C=O) groups excluding carboxylic acids is 2. The van der Waals surface area contributed by atoms with Gasteiger partial charge in [0.25, 0.3) is 5.91 Å². The molecule has 0 fully saturated rings. The van der Waals surface area contributed by atoms with Gasteiger partial charge in [-0.05, 0) is 50.6 Å². The summed E-state index contributed by atoms with van der Waals surface area (Å²) in [7, 11) is 1.51. The van der Waals surface area contributed by atoms with Crippen LogP contribution in [0.25, 0.3) is 5.69 Å². The summed E-state index contributed by atoms with van der Waals surface area (Å²) in [6.07, 6.45) is 0. The lowest BCUT2D eigenvalue weighted by atomic mass is 10.1. The van der Waals surface area contributed by atoms with E-state index in [0.717, 1.165) is 16.8 Å². The van der Waals surface area contributed by atoms with Gasteiger partial charge in [-0.25, -0.2) is 0 Å². The molecule has 0 aliphatic rings. The number of rotatable bonds is 5. The van der Waals surface area contributed by atoms with Gasteiger partial charge < -0.3 is 15.4 Å². The van der Waals surface area contributed by atoms with Gasteiger partial charge in [0.2, 0.25) is 5.91 Å². The Bertz CT molecular complexity index is 1090. The van der Waals surface area contributed by atoms with Crippen LogP contribution in [0.15, 0.2) is 36.4 Å². The van der Waals surface area contributed by atoms with Crippen LogP contribution < -0.4 is 15.4 Å². The van der Waals surface area contributed by atoms with Crippen LogP contribution in [0, 0.1) is 20.8 Å². The lowest BCUT2D eigenvalue weighted by molar-refractivity contribution is -0.114. The molecule has 3 rings (SSSR count). The molecule has 0 saturated carbocycles. The van der Waals surface area contributed by atoms with Gasteiger partial charge in [0.05, 0.1) is 24.2 Å². The fourth-order valence-electron chi connectivity index (χ4n) is 2.99. The molecule has 0 radical (unpaired) electrons. The van der Waals surface area contributed by atoms with Crippen LogP contribution in [-0.4, -0.2) is 33.9 Å². The lowest BCUT2D eigenvalue weighted by Crippen LogP contribution is -2.15. The van der Waals surface area contributed by atoms with E-state index in [1.165, 1.54) is 18.8 Å². The van der Waals surface area contributed by atoms with Gasteiger partial charge in [-0.1, -0.05) is 17.7 Å². The maximum absolute atomic E-state index is 12.8. The molecule has 8 nitrogen and oxygen atoms in total. The first kappa shape index (κ1) is 20.1. The van der Waals surface area contributed by atoms with Gasteiger partial charge in [-0.2, -0.15) is 9.90 Å². The van der Waals surface area contributed by atoms with Crippen LogP contribution in [0.3, 0.4) is 0 Å². The van der Waals surface area contributed by atoms with Crippen molar-refractivity contribution in [2.45, 2.75) is 27.7 Å². The molecule has 2 aromatic carbocycles. The Balaban J connectivity index is 1.86. The molecular weight excluding hydrogens is 370 g/mol. The largest absolute Gasteiger partial charge is 0.495 e. The van der Waals surface area contributed by atoms with Crippen LogP contribution in [0.1, 0.15) is 34.2 Å². The third-order valence-electron chi connectivity index (χ3n) is 4.33. The number of methoxy groups -OCH3 is 1. The molecule has 2 N–H and O–H groups in total. The van der Waals surface area contributed by atoms with Gasteiger partial charge in [0.1, 0.15) is 5.75 Å². The van der Waals surface area contributed by atoms with E-state index in [1.54, 1.807) is 25.1 Å². The Labute approximate surface area is 168 Å². The summed E-state index contributed by atoms with van der Waals surface area (Å²) in [4.78, 5) is 25.6. The SMILES string of the molecule is COc1ccc(NC(=O)c2nn(-c3ccc(C)cc3C)nc2C)cc1NC(C)=O. The average Bonchev–Trinajstić information content (AvgIpc) is 3.03. The Hall–Kier alpha value is -3.68. The summed E-state index contributed by atoms with van der Waals surface area (Å²) in [6, 6.07) is 10.9. The number of hydrogen-bond acceptors (Lipinski definition) is 5. The van der Waals surface area contributed by atoms with Crippen molar-refractivity contribution in [1.29, 1.82) is 0 Å². The van der Waals surface area contributed by atoms with Gasteiger partial charge >= 0.3 is 0 Å². The number of hydrogen-bond donors (Lipinski definition) is 2. The molecule has 0 bridgehead atoms. The van der Waals surface area contributed by atoms with Crippen LogP contribution >= 0.6 is 0 Å². The molecule has 150 valence electrons. The lowest BCUT2D eigenvalue weighted by Gasteiger charge is -2.11. The molecule has 0 atom stereocenters. The minimum atomic E-state index is -0.391. The van der Waals surface area contributed by atoms with Crippen LogP contribution in [-0.2, 0) is 4.79 Å². The van der Waals surface area contributed by atoms with Crippen molar-refractivity contribution in [3.8, 4) is 11.4 Å². The van der Waals surface area contributed by atoms with Crippen LogP contribution in [0.2, 0.25) is 0 Å². The molecule has 2 amide bonds. The molecule has 3 aromatic rings. The van der Waals surface area contributed by atoms with Crippen molar-refractivity contribution in [1.82, 2.24) is 15.0 Å². The number of nitrogens with zero attached hydrogens (tertiary/aromatic N) is 3. The van der Waals surface area contributed by atoms with Gasteiger partial charge in [-0.3, -0.25) is 9.59 Å². The predicted octanol–water partition coefficient (Wildman–Crippen LogP) is 3.41. The fourth-order valence-corrected chi connectivity index (χ4v) is 2.99. The van der Waals surface area contributed by atoms with Crippen molar-refractivity contribution in [3.63, 3.8) is 0 Å². The summed E-state index contributed by atoms with van der Waals surface area (Å²) in [5.74, 6) is -0.133. The van der Waals surface area contributed by atoms with E-state index in [-0.39, 0.29) is 11.6 Å². The Morgan fingerprint density at radius 2 is 1.76 bits per heavy atom. The topological polar surface area (TPSA) is 98.1 Å². The molecule has 0 aliphatic heterocycles. The highest BCUT2D eigenvalue weighted by Gasteiger charge is 2.18. The first-order valence-corrected chi connectivity index (χ1v) is 9.07. The van der Waals surface area contributed by atoms with Crippen molar-refractivity contribution in [2.24, 2.45) is 0 Å². The minimum Gasteiger partial charge on any atom is -0.495 e. The number of anilines is 2. The monoisotopic (exact) mass is 393 g/mol. The molecule has 0 spiro atoms. The number of carbonyl (C=O) groups is 2. The number of benzene rings is 2. The van der Waals surface area contributed by atoms with Gasteiger partial charge in [0.15, 0.2) is 5.69 Å². The predicted molar refractivity (Wildman–Crippen MR) is 111 cm³/mol. The van der Waals surface area contributed by atoms with E-state index in [2.05, 4.69) is 20.8 Å². The second kappa shape index (κ2) is 8.14. The van der Waals surface area contributed by atoms with Gasteiger partial charge in [-0.15, -0.1) is 5.10 Å². The molecule has 0 unspecified atom stereocenters. The Morgan fingerprint density at radius 1 is 1.00 bits per heavy atom. The summed E-state index contributed by atoms with van der Waals surface area (Å²) >= 11 is 0. The number of aromatic nitrogens is 3. The highest BCUT2D eigenvalue weighted by molar-refractivity contribution is 6.04. The fraction of sp³-hybridized carbons (Fsp3) is 0.238. The number of nitrogens with one attached hydrogen (secondary N) is 2. The molecule has 1 heterocycles. The summed E-state index contributed by atoms with van der Waals surface area (Å²) in [5, 5.41) is 14.2. The molecule has 8 heteroatoms. The quantitative estimate of drug-likeness (QED) is 0.692. The Morgan fingerprint density at radius 3 is 2.41 bits per heavy atom. The van der Waals surface area contributed by atoms with Crippen molar-refractivity contribution in [3.05, 3.63) is 58.9 Å². The number of aryl methyl sites for hydroxylation is 3. The highest BCUT2D eigenvalue weighted by atomic mass is 16.5. The van der Waals surface area contributed by atoms with Crippen molar-refractivity contribution < 1.29 is 14.3 Å². The Kier molecular flexibility index (Phi) is 5.63. The van der Waals surface area contributed by atoms with Crippen LogP contribution in [0.5, 0.6) is 5.75 Å².